The van der Waals surface area contributed by atoms with Crippen LogP contribution in [0, 0.1) is 11.6 Å². The van der Waals surface area contributed by atoms with E-state index in [0.717, 1.165) is 6.07 Å². The Hall–Kier alpha value is -2.49. The van der Waals surface area contributed by atoms with E-state index in [4.69, 9.17) is 0 Å². The molecule has 0 radical (unpaired) electrons. The van der Waals surface area contributed by atoms with Crippen molar-refractivity contribution < 1.29 is 18.7 Å². The quantitative estimate of drug-likeness (QED) is 0.807. The molecule has 100 valence electrons. The number of carbonyl (C=O) groups is 1. The molecule has 0 aliphatic heterocycles. The number of fused-ring (bicyclic) bond motifs is 1. The molecular formula is C16H10F2O2. The maximum atomic E-state index is 13.6. The summed E-state index contributed by atoms with van der Waals surface area (Å²) in [5.74, 6) is -2.16. The summed E-state index contributed by atoms with van der Waals surface area (Å²) in [5, 5.41) is 9.72. The van der Waals surface area contributed by atoms with Gasteiger partial charge >= 0.3 is 0 Å². The summed E-state index contributed by atoms with van der Waals surface area (Å²) >= 11 is 0. The number of phenolic OH excluding ortho intramolecular Hbond substituents is 1. The fraction of sp³-hybridized carbons (Fsp3) is 0.0625. The summed E-state index contributed by atoms with van der Waals surface area (Å²) in [6, 6.07) is 8.50. The summed E-state index contributed by atoms with van der Waals surface area (Å²) in [6.07, 6.45) is 1.55. The predicted molar refractivity (Wildman–Crippen MR) is 70.5 cm³/mol. The van der Waals surface area contributed by atoms with Crippen molar-refractivity contribution in [3.63, 3.8) is 0 Å². The molecule has 2 aromatic carbocycles. The highest BCUT2D eigenvalue weighted by molar-refractivity contribution is 6.16. The fourth-order valence-electron chi connectivity index (χ4n) is 2.35. The summed E-state index contributed by atoms with van der Waals surface area (Å²) < 4.78 is 26.8. The largest absolute Gasteiger partial charge is 0.508 e. The number of hydrogen-bond acceptors (Lipinski definition) is 2. The third kappa shape index (κ3) is 1.90. The number of rotatable bonds is 1. The van der Waals surface area contributed by atoms with Gasteiger partial charge in [-0.25, -0.2) is 8.78 Å². The highest BCUT2D eigenvalue weighted by Crippen LogP contribution is 2.33. The van der Waals surface area contributed by atoms with Crippen molar-refractivity contribution in [2.75, 3.05) is 0 Å². The lowest BCUT2D eigenvalue weighted by Crippen LogP contribution is -1.96. The third-order valence-electron chi connectivity index (χ3n) is 3.37. The van der Waals surface area contributed by atoms with Crippen molar-refractivity contribution in [3.05, 3.63) is 70.3 Å². The molecule has 0 amide bonds. The molecule has 20 heavy (non-hydrogen) atoms. The smallest absolute Gasteiger partial charge is 0.189 e. The first-order valence-corrected chi connectivity index (χ1v) is 6.08. The van der Waals surface area contributed by atoms with Gasteiger partial charge in [0.15, 0.2) is 17.4 Å². The van der Waals surface area contributed by atoms with E-state index in [1.165, 1.54) is 24.3 Å². The molecule has 1 aliphatic carbocycles. The Labute approximate surface area is 114 Å². The Bertz CT molecular complexity index is 748. The Morgan fingerprint density at radius 2 is 1.85 bits per heavy atom. The molecule has 0 spiro atoms. The van der Waals surface area contributed by atoms with Gasteiger partial charge in [0.2, 0.25) is 0 Å². The summed E-state index contributed by atoms with van der Waals surface area (Å²) in [7, 11) is 0. The van der Waals surface area contributed by atoms with Crippen molar-refractivity contribution in [1.29, 1.82) is 0 Å². The van der Waals surface area contributed by atoms with E-state index >= 15 is 0 Å². The van der Waals surface area contributed by atoms with Gasteiger partial charge < -0.3 is 5.11 Å². The minimum atomic E-state index is -0.979. The van der Waals surface area contributed by atoms with Crippen molar-refractivity contribution in [1.82, 2.24) is 0 Å². The molecule has 0 saturated carbocycles. The van der Waals surface area contributed by atoms with E-state index in [2.05, 4.69) is 0 Å². The zero-order valence-electron chi connectivity index (χ0n) is 10.4. The van der Waals surface area contributed by atoms with Crippen LogP contribution in [0.1, 0.15) is 21.5 Å². The topological polar surface area (TPSA) is 37.3 Å². The van der Waals surface area contributed by atoms with Crippen molar-refractivity contribution in [3.8, 4) is 5.75 Å². The summed E-state index contributed by atoms with van der Waals surface area (Å²) in [4.78, 5) is 12.2. The molecule has 1 aliphatic rings. The normalized spacial score (nSPS) is 15.7. The van der Waals surface area contributed by atoms with Gasteiger partial charge in [0.25, 0.3) is 0 Å². The number of ketones is 1. The van der Waals surface area contributed by atoms with Crippen LogP contribution in [-0.4, -0.2) is 10.9 Å². The Morgan fingerprint density at radius 3 is 2.60 bits per heavy atom. The summed E-state index contributed by atoms with van der Waals surface area (Å²) in [6.45, 7) is 0. The van der Waals surface area contributed by atoms with Gasteiger partial charge in [-0.2, -0.15) is 0 Å². The van der Waals surface area contributed by atoms with Crippen LogP contribution in [0.2, 0.25) is 0 Å². The second-order valence-corrected chi connectivity index (χ2v) is 4.62. The maximum Gasteiger partial charge on any atom is 0.189 e. The van der Waals surface area contributed by atoms with Crippen molar-refractivity contribution in [2.45, 2.75) is 6.42 Å². The van der Waals surface area contributed by atoms with Gasteiger partial charge in [-0.15, -0.1) is 0 Å². The van der Waals surface area contributed by atoms with Gasteiger partial charge in [-0.05, 0) is 18.2 Å². The van der Waals surface area contributed by atoms with E-state index in [9.17, 15) is 18.7 Å². The molecule has 3 rings (SSSR count). The molecule has 4 heteroatoms. The van der Waals surface area contributed by atoms with Crippen LogP contribution < -0.4 is 0 Å². The number of carbonyl (C=O) groups excluding carboxylic acids is 1. The minimum absolute atomic E-state index is 0.0284. The molecule has 0 saturated heterocycles. The molecule has 0 fully saturated rings. The highest BCUT2D eigenvalue weighted by Gasteiger charge is 2.27. The van der Waals surface area contributed by atoms with Crippen LogP contribution >= 0.6 is 0 Å². The second-order valence-electron chi connectivity index (χ2n) is 4.62. The van der Waals surface area contributed by atoms with Gasteiger partial charge in [0.05, 0.1) is 0 Å². The maximum absolute atomic E-state index is 13.6. The Morgan fingerprint density at radius 1 is 1.10 bits per heavy atom. The standard InChI is InChI=1S/C16H10F2O2/c17-13-5-1-3-9(15(13)18)7-10-8-12-11(16(10)20)4-2-6-14(12)19/h1-7,19H,8H2/b10-7+. The number of halogens is 2. The molecular weight excluding hydrogens is 262 g/mol. The molecule has 0 heterocycles. The van der Waals surface area contributed by atoms with E-state index in [1.54, 1.807) is 12.1 Å². The number of aromatic hydroxyl groups is 1. The first-order valence-electron chi connectivity index (χ1n) is 6.08. The van der Waals surface area contributed by atoms with Gasteiger partial charge in [0.1, 0.15) is 5.75 Å². The Balaban J connectivity index is 2.06. The number of Topliss-reactive ketones (excluding diaryl/α,β-unsaturated/α-hetero) is 1. The molecule has 1 N–H and O–H groups in total. The fourth-order valence-corrected chi connectivity index (χ4v) is 2.35. The first kappa shape index (κ1) is 12.5. The average molecular weight is 272 g/mol. The predicted octanol–water partition coefficient (Wildman–Crippen LogP) is 3.49. The number of phenols is 1. The minimum Gasteiger partial charge on any atom is -0.508 e. The number of benzene rings is 2. The van der Waals surface area contributed by atoms with Gasteiger partial charge in [-0.3, -0.25) is 4.79 Å². The molecule has 0 atom stereocenters. The molecule has 2 nitrogen and oxygen atoms in total. The Kier molecular flexibility index (Phi) is 2.86. The number of allylic oxidation sites excluding steroid dienone is 1. The lowest BCUT2D eigenvalue weighted by molar-refractivity contribution is 0.104. The lowest BCUT2D eigenvalue weighted by atomic mass is 10.1. The highest BCUT2D eigenvalue weighted by atomic mass is 19.2. The van der Waals surface area contributed by atoms with E-state index in [1.807, 2.05) is 0 Å². The van der Waals surface area contributed by atoms with Gasteiger partial charge in [-0.1, -0.05) is 24.3 Å². The first-order chi connectivity index (χ1) is 9.58. The SMILES string of the molecule is O=C1/C(=C/c2cccc(F)c2F)Cc2c(O)cccc21. The lowest BCUT2D eigenvalue weighted by Gasteiger charge is -2.00. The molecule has 2 aromatic rings. The van der Waals surface area contributed by atoms with Crippen molar-refractivity contribution >= 4 is 11.9 Å². The van der Waals surface area contributed by atoms with Gasteiger partial charge in [0, 0.05) is 28.7 Å². The number of hydrogen-bond donors (Lipinski definition) is 1. The van der Waals surface area contributed by atoms with Crippen LogP contribution in [0.25, 0.3) is 6.08 Å². The second kappa shape index (κ2) is 4.56. The van der Waals surface area contributed by atoms with Crippen LogP contribution in [0.4, 0.5) is 8.78 Å². The molecule has 0 unspecified atom stereocenters. The van der Waals surface area contributed by atoms with E-state index < -0.39 is 11.6 Å². The van der Waals surface area contributed by atoms with Crippen LogP contribution in [-0.2, 0) is 6.42 Å². The van der Waals surface area contributed by atoms with Crippen molar-refractivity contribution in [2.24, 2.45) is 0 Å². The van der Waals surface area contributed by atoms with E-state index in [-0.39, 0.29) is 23.5 Å². The molecule has 0 aromatic heterocycles. The summed E-state index contributed by atoms with van der Waals surface area (Å²) in [5.41, 5.74) is 1.31. The van der Waals surface area contributed by atoms with Crippen LogP contribution in [0.3, 0.4) is 0 Å². The third-order valence-corrected chi connectivity index (χ3v) is 3.37. The monoisotopic (exact) mass is 272 g/mol. The molecule has 0 bridgehead atoms. The van der Waals surface area contributed by atoms with Crippen LogP contribution in [0.5, 0.6) is 5.75 Å². The zero-order valence-corrected chi connectivity index (χ0v) is 10.4. The zero-order chi connectivity index (χ0) is 14.3. The van der Waals surface area contributed by atoms with E-state index in [0.29, 0.717) is 16.7 Å². The van der Waals surface area contributed by atoms with Crippen LogP contribution in [0.15, 0.2) is 42.0 Å². The average Bonchev–Trinajstić information content (AvgIpc) is 2.74.